The molecule has 0 unspecified atom stereocenters. The summed E-state index contributed by atoms with van der Waals surface area (Å²) < 4.78 is 25.7. The Hall–Kier alpha value is -0.490. The predicted octanol–water partition coefficient (Wildman–Crippen LogP) is 3.86. The van der Waals surface area contributed by atoms with Crippen molar-refractivity contribution in [2.75, 3.05) is 18.4 Å². The molecule has 0 saturated heterocycles. The van der Waals surface area contributed by atoms with Gasteiger partial charge in [0, 0.05) is 21.9 Å². The summed E-state index contributed by atoms with van der Waals surface area (Å²) >= 11 is 6.49. The summed E-state index contributed by atoms with van der Waals surface area (Å²) in [5.74, 6) is -0.367. The number of hydrogen-bond donors (Lipinski definition) is 0. The molecule has 0 aliphatic heterocycles. The summed E-state index contributed by atoms with van der Waals surface area (Å²) in [6, 6.07) is 5.18. The molecule has 18 heavy (non-hydrogen) atoms. The molecule has 100 valence electrons. The molecule has 2 nitrogen and oxygen atoms in total. The zero-order chi connectivity index (χ0) is 13.7. The Kier molecular flexibility index (Phi) is 6.21. The molecule has 1 aromatic carbocycles. The lowest BCUT2D eigenvalue weighted by Crippen LogP contribution is -2.36. The van der Waals surface area contributed by atoms with E-state index in [0.717, 1.165) is 14.9 Å². The van der Waals surface area contributed by atoms with Crippen LogP contribution in [0, 0.1) is 6.92 Å². The van der Waals surface area contributed by atoms with Gasteiger partial charge in [-0.1, -0.05) is 37.9 Å². The van der Waals surface area contributed by atoms with Gasteiger partial charge in [0.25, 0.3) is 12.3 Å². The van der Waals surface area contributed by atoms with Crippen molar-refractivity contribution in [3.8, 4) is 0 Å². The zero-order valence-corrected chi connectivity index (χ0v) is 13.0. The van der Waals surface area contributed by atoms with E-state index >= 15 is 0 Å². The Labute approximate surface area is 122 Å². The number of benzene rings is 1. The molecule has 0 radical (unpaired) electrons. The number of carbonyl (C=O) groups is 1. The minimum Gasteiger partial charge on any atom is -0.332 e. The average Bonchev–Trinajstić information content (AvgIpc) is 2.31. The lowest BCUT2D eigenvalue weighted by molar-refractivity contribution is 0.0572. The van der Waals surface area contributed by atoms with Crippen molar-refractivity contribution in [3.63, 3.8) is 0 Å². The summed E-state index contributed by atoms with van der Waals surface area (Å²) in [6.07, 6.45) is -2.53. The smallest absolute Gasteiger partial charge is 0.255 e. The quantitative estimate of drug-likeness (QED) is 0.706. The molecule has 0 aliphatic rings. The van der Waals surface area contributed by atoms with E-state index in [1.165, 1.54) is 0 Å². The fourth-order valence-corrected chi connectivity index (χ4v) is 2.35. The first-order valence-electron chi connectivity index (χ1n) is 5.36. The maximum absolute atomic E-state index is 12.4. The Morgan fingerprint density at radius 1 is 1.44 bits per heavy atom. The lowest BCUT2D eigenvalue weighted by Gasteiger charge is -2.22. The second-order valence-corrected chi connectivity index (χ2v) is 5.39. The molecule has 1 rings (SSSR count). The molecule has 0 atom stereocenters. The van der Waals surface area contributed by atoms with Crippen LogP contribution in [-0.2, 0) is 0 Å². The van der Waals surface area contributed by atoms with Gasteiger partial charge in [-0.3, -0.25) is 4.79 Å². The topological polar surface area (TPSA) is 20.3 Å². The molecule has 0 saturated carbocycles. The monoisotopic (exact) mass is 383 g/mol. The van der Waals surface area contributed by atoms with Crippen LogP contribution in [0.15, 0.2) is 22.7 Å². The third-order valence-corrected chi connectivity index (χ3v) is 3.71. The Morgan fingerprint density at radius 2 is 2.11 bits per heavy atom. The highest BCUT2D eigenvalue weighted by Crippen LogP contribution is 2.21. The van der Waals surface area contributed by atoms with Crippen LogP contribution in [0.5, 0.6) is 0 Å². The van der Waals surface area contributed by atoms with E-state index in [4.69, 9.17) is 0 Å². The van der Waals surface area contributed by atoms with Crippen LogP contribution in [0.1, 0.15) is 15.9 Å². The van der Waals surface area contributed by atoms with Crippen LogP contribution >= 0.6 is 31.9 Å². The van der Waals surface area contributed by atoms with Crippen LogP contribution in [0.2, 0.25) is 0 Å². The summed E-state index contributed by atoms with van der Waals surface area (Å²) in [5.41, 5.74) is 1.21. The van der Waals surface area contributed by atoms with E-state index in [9.17, 15) is 13.6 Å². The van der Waals surface area contributed by atoms with Gasteiger partial charge in [0.1, 0.15) is 0 Å². The summed E-state index contributed by atoms with van der Waals surface area (Å²) in [4.78, 5) is 13.4. The Morgan fingerprint density at radius 3 is 2.67 bits per heavy atom. The zero-order valence-electron chi connectivity index (χ0n) is 9.80. The molecule has 0 bridgehead atoms. The number of nitrogens with zero attached hydrogens (tertiary/aromatic N) is 1. The molecular weight excluding hydrogens is 372 g/mol. The first kappa shape index (κ1) is 15.6. The van der Waals surface area contributed by atoms with Crippen LogP contribution in [-0.4, -0.2) is 35.7 Å². The van der Waals surface area contributed by atoms with Crippen LogP contribution in [0.3, 0.4) is 0 Å². The molecule has 0 aliphatic carbocycles. The van der Waals surface area contributed by atoms with Crippen molar-refractivity contribution < 1.29 is 13.6 Å². The lowest BCUT2D eigenvalue weighted by atomic mass is 10.1. The molecule has 0 aromatic heterocycles. The minimum absolute atomic E-state index is 0.259. The normalized spacial score (nSPS) is 10.8. The fourth-order valence-electron chi connectivity index (χ4n) is 1.55. The van der Waals surface area contributed by atoms with E-state index in [-0.39, 0.29) is 12.5 Å². The third kappa shape index (κ3) is 4.02. The largest absolute Gasteiger partial charge is 0.332 e. The van der Waals surface area contributed by atoms with Gasteiger partial charge in [-0.2, -0.15) is 0 Å². The summed E-state index contributed by atoms with van der Waals surface area (Å²) in [5, 5.41) is 0.471. The molecule has 1 amide bonds. The van der Waals surface area contributed by atoms with Crippen molar-refractivity contribution in [2.24, 2.45) is 0 Å². The number of halogens is 4. The molecule has 0 spiro atoms. The molecule has 0 heterocycles. The maximum atomic E-state index is 12.4. The molecule has 6 heteroatoms. The highest BCUT2D eigenvalue weighted by Gasteiger charge is 2.21. The second kappa shape index (κ2) is 7.19. The highest BCUT2D eigenvalue weighted by atomic mass is 79.9. The Bertz CT molecular complexity index is 427. The standard InChI is InChI=1S/C12H13Br2F2NO/c1-8-9(3-2-4-10(8)14)12(18)17(6-5-13)7-11(15)16/h2-4,11H,5-7H2,1H3. The SMILES string of the molecule is Cc1c(Br)cccc1C(=O)N(CCBr)CC(F)F. The highest BCUT2D eigenvalue weighted by molar-refractivity contribution is 9.10. The predicted molar refractivity (Wildman–Crippen MR) is 74.6 cm³/mol. The van der Waals surface area contributed by atoms with Gasteiger partial charge in [-0.25, -0.2) is 8.78 Å². The number of alkyl halides is 3. The van der Waals surface area contributed by atoms with Gasteiger partial charge in [-0.05, 0) is 24.6 Å². The van der Waals surface area contributed by atoms with E-state index < -0.39 is 13.0 Å². The van der Waals surface area contributed by atoms with E-state index in [0.29, 0.717) is 10.9 Å². The van der Waals surface area contributed by atoms with Crippen molar-refractivity contribution in [1.29, 1.82) is 0 Å². The van der Waals surface area contributed by atoms with Crippen LogP contribution < -0.4 is 0 Å². The number of rotatable bonds is 5. The first-order valence-corrected chi connectivity index (χ1v) is 7.27. The maximum Gasteiger partial charge on any atom is 0.255 e. The van der Waals surface area contributed by atoms with Gasteiger partial charge >= 0.3 is 0 Å². The number of hydrogen-bond acceptors (Lipinski definition) is 1. The summed E-state index contributed by atoms with van der Waals surface area (Å²) in [6.45, 7) is 1.50. The van der Waals surface area contributed by atoms with E-state index in [1.807, 2.05) is 6.07 Å². The van der Waals surface area contributed by atoms with Crippen molar-refractivity contribution in [2.45, 2.75) is 13.3 Å². The number of carbonyl (C=O) groups excluding carboxylic acids is 1. The Balaban J connectivity index is 2.98. The van der Waals surface area contributed by atoms with Crippen LogP contribution in [0.4, 0.5) is 8.78 Å². The molecular formula is C12H13Br2F2NO. The van der Waals surface area contributed by atoms with Gasteiger partial charge in [0.15, 0.2) is 0 Å². The van der Waals surface area contributed by atoms with E-state index in [1.54, 1.807) is 19.1 Å². The summed E-state index contributed by atoms with van der Waals surface area (Å²) in [7, 11) is 0. The van der Waals surface area contributed by atoms with Gasteiger partial charge in [0.2, 0.25) is 0 Å². The van der Waals surface area contributed by atoms with Gasteiger partial charge in [-0.15, -0.1) is 0 Å². The van der Waals surface area contributed by atoms with E-state index in [2.05, 4.69) is 31.9 Å². The fraction of sp³-hybridized carbons (Fsp3) is 0.417. The van der Waals surface area contributed by atoms with Gasteiger partial charge in [0.05, 0.1) is 6.54 Å². The van der Waals surface area contributed by atoms with Crippen LogP contribution in [0.25, 0.3) is 0 Å². The van der Waals surface area contributed by atoms with Crippen molar-refractivity contribution >= 4 is 37.8 Å². The second-order valence-electron chi connectivity index (χ2n) is 3.74. The van der Waals surface area contributed by atoms with Crippen molar-refractivity contribution in [3.05, 3.63) is 33.8 Å². The first-order chi connectivity index (χ1) is 8.47. The van der Waals surface area contributed by atoms with Crippen molar-refractivity contribution in [1.82, 2.24) is 4.90 Å². The molecule has 0 fully saturated rings. The molecule has 0 N–H and O–H groups in total. The minimum atomic E-state index is -2.53. The molecule has 1 aromatic rings. The number of amides is 1. The average molecular weight is 385 g/mol. The third-order valence-electron chi connectivity index (χ3n) is 2.50. The van der Waals surface area contributed by atoms with Gasteiger partial charge < -0.3 is 4.90 Å².